The summed E-state index contributed by atoms with van der Waals surface area (Å²) in [5, 5.41) is 0. The van der Waals surface area contributed by atoms with E-state index in [1.54, 1.807) is 0 Å². The maximum Gasteiger partial charge on any atom is 0.0816 e. The molecular weight excluding hydrogens is 305 g/mol. The molecule has 88 valence electrons. The third-order valence-electron chi connectivity index (χ3n) is 3.73. The fourth-order valence-electron chi connectivity index (χ4n) is 2.49. The SMILES string of the molecule is CO[C@H]1CN([C@H]2C[C@H](OC)C2)CC[C@@H]1I. The molecule has 0 aromatic carbocycles. The minimum absolute atomic E-state index is 0.418. The third kappa shape index (κ3) is 2.65. The summed E-state index contributed by atoms with van der Waals surface area (Å²) in [6.07, 6.45) is 4.60. The topological polar surface area (TPSA) is 21.7 Å². The Morgan fingerprint density at radius 3 is 2.53 bits per heavy atom. The minimum Gasteiger partial charge on any atom is -0.381 e. The quantitative estimate of drug-likeness (QED) is 0.582. The predicted molar refractivity (Wildman–Crippen MR) is 68.6 cm³/mol. The molecule has 1 aliphatic heterocycles. The van der Waals surface area contributed by atoms with Gasteiger partial charge in [0.15, 0.2) is 0 Å². The molecule has 3 nitrogen and oxygen atoms in total. The van der Waals surface area contributed by atoms with E-state index in [2.05, 4.69) is 27.5 Å². The average molecular weight is 325 g/mol. The standard InChI is InChI=1S/C11H20INO2/c1-14-9-5-8(6-9)13-4-3-10(12)11(7-13)15-2/h8-11H,3-7H2,1-2H3/t8-,9-,10-,11-/m0/s1. The molecule has 2 aliphatic rings. The molecule has 2 atom stereocenters. The zero-order valence-electron chi connectivity index (χ0n) is 9.49. The highest BCUT2D eigenvalue weighted by Crippen LogP contribution is 2.31. The van der Waals surface area contributed by atoms with Crippen molar-refractivity contribution in [2.24, 2.45) is 0 Å². The fraction of sp³-hybridized carbons (Fsp3) is 1.00. The van der Waals surface area contributed by atoms with Crippen LogP contribution in [0.1, 0.15) is 19.3 Å². The van der Waals surface area contributed by atoms with Crippen LogP contribution in [0.5, 0.6) is 0 Å². The second-order valence-electron chi connectivity index (χ2n) is 4.56. The summed E-state index contributed by atoms with van der Waals surface area (Å²) >= 11 is 2.52. The number of hydrogen-bond donors (Lipinski definition) is 0. The lowest BCUT2D eigenvalue weighted by Gasteiger charge is -2.46. The van der Waals surface area contributed by atoms with Crippen LogP contribution in [0, 0.1) is 0 Å². The fourth-order valence-corrected chi connectivity index (χ4v) is 3.29. The molecule has 0 amide bonds. The van der Waals surface area contributed by atoms with Crippen LogP contribution in [-0.4, -0.2) is 54.4 Å². The van der Waals surface area contributed by atoms with Crippen molar-refractivity contribution in [3.05, 3.63) is 0 Å². The van der Waals surface area contributed by atoms with Gasteiger partial charge in [0.05, 0.1) is 12.2 Å². The van der Waals surface area contributed by atoms with E-state index in [9.17, 15) is 0 Å². The van der Waals surface area contributed by atoms with Gasteiger partial charge in [-0.15, -0.1) is 0 Å². The van der Waals surface area contributed by atoms with Gasteiger partial charge in [0.25, 0.3) is 0 Å². The smallest absolute Gasteiger partial charge is 0.0816 e. The van der Waals surface area contributed by atoms with Crippen molar-refractivity contribution in [3.8, 4) is 0 Å². The number of rotatable bonds is 3. The van der Waals surface area contributed by atoms with Crippen molar-refractivity contribution in [2.45, 2.75) is 41.4 Å². The predicted octanol–water partition coefficient (Wildman–Crippen LogP) is 1.69. The molecule has 2 rings (SSSR count). The van der Waals surface area contributed by atoms with Gasteiger partial charge in [0, 0.05) is 30.7 Å². The Morgan fingerprint density at radius 2 is 1.93 bits per heavy atom. The summed E-state index contributed by atoms with van der Waals surface area (Å²) in [5.41, 5.74) is 0. The first-order valence-electron chi connectivity index (χ1n) is 5.68. The summed E-state index contributed by atoms with van der Waals surface area (Å²) in [6.45, 7) is 2.33. The maximum absolute atomic E-state index is 5.53. The summed E-state index contributed by atoms with van der Waals surface area (Å²) in [5.74, 6) is 0. The zero-order chi connectivity index (χ0) is 10.8. The van der Waals surface area contributed by atoms with Gasteiger partial charge in [-0.05, 0) is 25.8 Å². The lowest BCUT2D eigenvalue weighted by atomic mass is 9.86. The first-order valence-corrected chi connectivity index (χ1v) is 6.93. The molecule has 0 bridgehead atoms. The van der Waals surface area contributed by atoms with Gasteiger partial charge in [-0.3, -0.25) is 4.90 Å². The van der Waals surface area contributed by atoms with Gasteiger partial charge in [-0.2, -0.15) is 0 Å². The molecular formula is C11H20INO2. The molecule has 1 aliphatic carbocycles. The molecule has 0 aromatic heterocycles. The van der Waals surface area contributed by atoms with E-state index in [0.29, 0.717) is 16.1 Å². The van der Waals surface area contributed by atoms with Crippen molar-refractivity contribution >= 4 is 22.6 Å². The van der Waals surface area contributed by atoms with Crippen LogP contribution in [0.25, 0.3) is 0 Å². The van der Waals surface area contributed by atoms with E-state index in [1.165, 1.54) is 25.8 Å². The van der Waals surface area contributed by atoms with E-state index in [0.717, 1.165) is 12.6 Å². The van der Waals surface area contributed by atoms with Gasteiger partial charge in [0.2, 0.25) is 0 Å². The molecule has 1 heterocycles. The van der Waals surface area contributed by atoms with Gasteiger partial charge in [0.1, 0.15) is 0 Å². The first kappa shape index (κ1) is 12.1. The summed E-state index contributed by atoms with van der Waals surface area (Å²) in [7, 11) is 3.65. The number of methoxy groups -OCH3 is 2. The van der Waals surface area contributed by atoms with E-state index < -0.39 is 0 Å². The molecule has 0 radical (unpaired) electrons. The van der Waals surface area contributed by atoms with Crippen LogP contribution in [-0.2, 0) is 9.47 Å². The molecule has 15 heavy (non-hydrogen) atoms. The second-order valence-corrected chi connectivity index (χ2v) is 6.16. The largest absolute Gasteiger partial charge is 0.381 e. The highest BCUT2D eigenvalue weighted by molar-refractivity contribution is 14.1. The van der Waals surface area contributed by atoms with Gasteiger partial charge in [-0.1, -0.05) is 22.6 Å². The minimum atomic E-state index is 0.418. The van der Waals surface area contributed by atoms with Crippen molar-refractivity contribution in [2.75, 3.05) is 27.3 Å². The van der Waals surface area contributed by atoms with Crippen molar-refractivity contribution < 1.29 is 9.47 Å². The van der Waals surface area contributed by atoms with Crippen LogP contribution in [0.15, 0.2) is 0 Å². The highest BCUT2D eigenvalue weighted by Gasteiger charge is 2.37. The van der Waals surface area contributed by atoms with Crippen molar-refractivity contribution in [1.82, 2.24) is 4.90 Å². The van der Waals surface area contributed by atoms with Gasteiger partial charge in [-0.25, -0.2) is 0 Å². The normalized spacial score (nSPS) is 42.6. The van der Waals surface area contributed by atoms with Crippen LogP contribution in [0.2, 0.25) is 0 Å². The Morgan fingerprint density at radius 1 is 1.20 bits per heavy atom. The number of hydrogen-bond acceptors (Lipinski definition) is 3. The van der Waals surface area contributed by atoms with Crippen LogP contribution < -0.4 is 0 Å². The zero-order valence-corrected chi connectivity index (χ0v) is 11.6. The van der Waals surface area contributed by atoms with Crippen LogP contribution >= 0.6 is 22.6 Å². The Balaban J connectivity index is 1.80. The Hall–Kier alpha value is 0.610. The number of likely N-dealkylation sites (tertiary alicyclic amines) is 1. The highest BCUT2D eigenvalue weighted by atomic mass is 127. The maximum atomic E-state index is 5.53. The molecule has 0 N–H and O–H groups in total. The molecule has 4 heteroatoms. The van der Waals surface area contributed by atoms with E-state index in [1.807, 2.05) is 14.2 Å². The van der Waals surface area contributed by atoms with Crippen molar-refractivity contribution in [3.63, 3.8) is 0 Å². The van der Waals surface area contributed by atoms with Crippen molar-refractivity contribution in [1.29, 1.82) is 0 Å². The summed E-state index contributed by atoms with van der Waals surface area (Å²) in [6, 6.07) is 0.747. The molecule has 2 fully saturated rings. The van der Waals surface area contributed by atoms with Crippen LogP contribution in [0.3, 0.4) is 0 Å². The average Bonchev–Trinajstić information content (AvgIpc) is 2.19. The summed E-state index contributed by atoms with van der Waals surface area (Å²) < 4.78 is 11.5. The van der Waals surface area contributed by atoms with E-state index >= 15 is 0 Å². The Kier molecular flexibility index (Phi) is 4.26. The molecule has 1 saturated heterocycles. The van der Waals surface area contributed by atoms with Crippen LogP contribution in [0.4, 0.5) is 0 Å². The molecule has 0 unspecified atom stereocenters. The Bertz CT molecular complexity index is 209. The lowest BCUT2D eigenvalue weighted by Crippen LogP contribution is -2.55. The first-order chi connectivity index (χ1) is 7.24. The molecule has 0 spiro atoms. The molecule has 1 saturated carbocycles. The number of halogens is 1. The van der Waals surface area contributed by atoms with E-state index in [4.69, 9.17) is 9.47 Å². The van der Waals surface area contributed by atoms with Gasteiger partial charge >= 0.3 is 0 Å². The lowest BCUT2D eigenvalue weighted by molar-refractivity contribution is -0.0542. The van der Waals surface area contributed by atoms with Gasteiger partial charge < -0.3 is 9.47 Å². The molecule has 0 aromatic rings. The number of ether oxygens (including phenoxy) is 2. The monoisotopic (exact) mass is 325 g/mol. The summed E-state index contributed by atoms with van der Waals surface area (Å²) in [4.78, 5) is 2.58. The number of alkyl halides is 1. The Labute approximate surface area is 106 Å². The number of nitrogens with zero attached hydrogens (tertiary/aromatic N) is 1. The number of piperidine rings is 1. The van der Waals surface area contributed by atoms with E-state index in [-0.39, 0.29) is 0 Å². The second kappa shape index (κ2) is 5.29. The third-order valence-corrected chi connectivity index (χ3v) is 5.16.